The Morgan fingerprint density at radius 3 is 2.36 bits per heavy atom. The van der Waals surface area contributed by atoms with Gasteiger partial charge in [0.1, 0.15) is 0 Å². The van der Waals surface area contributed by atoms with Gasteiger partial charge in [0.2, 0.25) is 5.91 Å². The first-order valence-electron chi connectivity index (χ1n) is 8.06. The van der Waals surface area contributed by atoms with E-state index in [0.717, 1.165) is 44.6 Å². The lowest BCUT2D eigenvalue weighted by molar-refractivity contribution is -0.117. The number of carbonyl (C=O) groups excluding carboxylic acids is 2. The molecule has 118 valence electrons. The molecule has 2 heterocycles. The van der Waals surface area contributed by atoms with Crippen LogP contribution in [-0.2, 0) is 4.79 Å². The normalized spacial score (nSPS) is 19.8. The van der Waals surface area contributed by atoms with Gasteiger partial charge in [-0.2, -0.15) is 0 Å². The third kappa shape index (κ3) is 2.99. The maximum Gasteiger partial charge on any atom is 0.253 e. The van der Waals surface area contributed by atoms with Crippen molar-refractivity contribution in [1.29, 1.82) is 0 Å². The van der Waals surface area contributed by atoms with Crippen LogP contribution in [-0.4, -0.2) is 49.4 Å². The van der Waals surface area contributed by atoms with Crippen molar-refractivity contribution in [2.75, 3.05) is 31.6 Å². The number of hydrogen-bond acceptors (Lipinski definition) is 3. The predicted octanol–water partition coefficient (Wildman–Crippen LogP) is 1.64. The summed E-state index contributed by atoms with van der Waals surface area (Å²) >= 11 is 0. The highest BCUT2D eigenvalue weighted by atomic mass is 16.2. The Hall–Kier alpha value is -1.88. The number of piperidine rings is 1. The Kier molecular flexibility index (Phi) is 4.43. The van der Waals surface area contributed by atoms with Gasteiger partial charge in [-0.1, -0.05) is 0 Å². The first-order valence-corrected chi connectivity index (χ1v) is 8.06. The van der Waals surface area contributed by atoms with Crippen LogP contribution in [0.1, 0.15) is 36.0 Å². The van der Waals surface area contributed by atoms with Crippen LogP contribution in [0.25, 0.3) is 0 Å². The van der Waals surface area contributed by atoms with Crippen molar-refractivity contribution in [3.8, 4) is 0 Å². The lowest BCUT2D eigenvalue weighted by Gasteiger charge is -2.32. The van der Waals surface area contributed by atoms with Gasteiger partial charge in [-0.3, -0.25) is 9.59 Å². The van der Waals surface area contributed by atoms with Gasteiger partial charge in [0.15, 0.2) is 0 Å². The van der Waals surface area contributed by atoms with Crippen molar-refractivity contribution in [3.05, 3.63) is 29.8 Å². The molecule has 2 amide bonds. The SMILES string of the molecule is CNC1CCN(C(=O)c2ccc(N3CCCC3=O)cc2)CC1. The molecule has 1 N–H and O–H groups in total. The molecule has 1 aromatic carbocycles. The lowest BCUT2D eigenvalue weighted by atomic mass is 10.0. The van der Waals surface area contributed by atoms with E-state index in [1.807, 2.05) is 36.2 Å². The third-order valence-electron chi connectivity index (χ3n) is 4.69. The van der Waals surface area contributed by atoms with E-state index in [0.29, 0.717) is 18.0 Å². The van der Waals surface area contributed by atoms with Crippen molar-refractivity contribution >= 4 is 17.5 Å². The Balaban J connectivity index is 1.65. The second kappa shape index (κ2) is 6.48. The first kappa shape index (κ1) is 15.0. The summed E-state index contributed by atoms with van der Waals surface area (Å²) in [6.07, 6.45) is 3.55. The molecule has 2 aliphatic heterocycles. The van der Waals surface area contributed by atoms with Gasteiger partial charge in [0.05, 0.1) is 0 Å². The zero-order valence-electron chi connectivity index (χ0n) is 13.0. The van der Waals surface area contributed by atoms with Crippen LogP contribution >= 0.6 is 0 Å². The van der Waals surface area contributed by atoms with Crippen LogP contribution in [0.15, 0.2) is 24.3 Å². The van der Waals surface area contributed by atoms with Crippen LogP contribution in [0.4, 0.5) is 5.69 Å². The molecule has 0 unspecified atom stereocenters. The van der Waals surface area contributed by atoms with E-state index in [1.165, 1.54) is 0 Å². The summed E-state index contributed by atoms with van der Waals surface area (Å²) in [6, 6.07) is 7.97. The quantitative estimate of drug-likeness (QED) is 0.923. The van der Waals surface area contributed by atoms with Crippen LogP contribution < -0.4 is 10.2 Å². The number of likely N-dealkylation sites (tertiary alicyclic amines) is 1. The van der Waals surface area contributed by atoms with Crippen molar-refractivity contribution in [3.63, 3.8) is 0 Å². The van der Waals surface area contributed by atoms with Crippen LogP contribution in [0.3, 0.4) is 0 Å². The van der Waals surface area contributed by atoms with E-state index in [-0.39, 0.29) is 11.8 Å². The number of hydrogen-bond donors (Lipinski definition) is 1. The maximum absolute atomic E-state index is 12.5. The molecular weight excluding hydrogens is 278 g/mol. The summed E-state index contributed by atoms with van der Waals surface area (Å²) in [5.41, 5.74) is 1.60. The number of nitrogens with zero attached hydrogens (tertiary/aromatic N) is 2. The van der Waals surface area contributed by atoms with E-state index in [2.05, 4.69) is 5.32 Å². The zero-order valence-corrected chi connectivity index (χ0v) is 13.0. The number of nitrogens with one attached hydrogen (secondary N) is 1. The van der Waals surface area contributed by atoms with E-state index in [9.17, 15) is 9.59 Å². The van der Waals surface area contributed by atoms with Gasteiger partial charge in [0.25, 0.3) is 5.91 Å². The Labute approximate surface area is 131 Å². The Bertz CT molecular complexity index is 548. The van der Waals surface area contributed by atoms with Gasteiger partial charge in [-0.15, -0.1) is 0 Å². The molecule has 1 aromatic rings. The molecule has 2 saturated heterocycles. The van der Waals surface area contributed by atoms with Crippen LogP contribution in [0.5, 0.6) is 0 Å². The molecule has 2 fully saturated rings. The lowest BCUT2D eigenvalue weighted by Crippen LogP contribution is -2.43. The number of anilines is 1. The summed E-state index contributed by atoms with van der Waals surface area (Å²) in [5.74, 6) is 0.266. The average molecular weight is 301 g/mol. The highest BCUT2D eigenvalue weighted by molar-refractivity contribution is 5.97. The third-order valence-corrected chi connectivity index (χ3v) is 4.69. The minimum Gasteiger partial charge on any atom is -0.339 e. The van der Waals surface area contributed by atoms with Crippen molar-refractivity contribution in [1.82, 2.24) is 10.2 Å². The largest absolute Gasteiger partial charge is 0.339 e. The number of benzene rings is 1. The number of rotatable bonds is 3. The molecule has 0 spiro atoms. The summed E-state index contributed by atoms with van der Waals surface area (Å²) in [7, 11) is 1.97. The fourth-order valence-corrected chi connectivity index (χ4v) is 3.26. The van der Waals surface area contributed by atoms with Gasteiger partial charge < -0.3 is 15.1 Å². The van der Waals surface area contributed by atoms with E-state index in [1.54, 1.807) is 4.90 Å². The second-order valence-electron chi connectivity index (χ2n) is 6.05. The molecule has 0 aromatic heterocycles. The molecule has 5 heteroatoms. The highest BCUT2D eigenvalue weighted by Crippen LogP contribution is 2.22. The molecule has 3 rings (SSSR count). The number of amides is 2. The Morgan fingerprint density at radius 1 is 1.14 bits per heavy atom. The monoisotopic (exact) mass is 301 g/mol. The fourth-order valence-electron chi connectivity index (χ4n) is 3.26. The first-order chi connectivity index (χ1) is 10.7. The van der Waals surface area contributed by atoms with E-state index < -0.39 is 0 Å². The van der Waals surface area contributed by atoms with Crippen LogP contribution in [0, 0.1) is 0 Å². The van der Waals surface area contributed by atoms with Crippen molar-refractivity contribution in [2.45, 2.75) is 31.7 Å². The molecule has 0 aliphatic carbocycles. The van der Waals surface area contributed by atoms with Crippen molar-refractivity contribution in [2.24, 2.45) is 0 Å². The Morgan fingerprint density at radius 2 is 1.82 bits per heavy atom. The standard InChI is InChI=1S/C17H23N3O2/c1-18-14-8-11-19(12-9-14)17(22)13-4-6-15(7-5-13)20-10-2-3-16(20)21/h4-7,14,18H,2-3,8-12H2,1H3. The molecule has 0 saturated carbocycles. The second-order valence-corrected chi connectivity index (χ2v) is 6.05. The molecule has 0 bridgehead atoms. The van der Waals surface area contributed by atoms with Gasteiger partial charge in [0, 0.05) is 43.3 Å². The maximum atomic E-state index is 12.5. The summed E-state index contributed by atoms with van der Waals surface area (Å²) in [5, 5.41) is 3.27. The highest BCUT2D eigenvalue weighted by Gasteiger charge is 2.24. The fraction of sp³-hybridized carbons (Fsp3) is 0.529. The molecular formula is C17H23N3O2. The van der Waals surface area contributed by atoms with E-state index >= 15 is 0 Å². The smallest absolute Gasteiger partial charge is 0.253 e. The summed E-state index contributed by atoms with van der Waals surface area (Å²) in [4.78, 5) is 28.0. The molecule has 2 aliphatic rings. The molecule has 0 atom stereocenters. The van der Waals surface area contributed by atoms with Crippen molar-refractivity contribution < 1.29 is 9.59 Å². The molecule has 5 nitrogen and oxygen atoms in total. The van der Waals surface area contributed by atoms with Crippen LogP contribution in [0.2, 0.25) is 0 Å². The topological polar surface area (TPSA) is 52.7 Å². The minimum atomic E-state index is 0.0915. The average Bonchev–Trinajstić information content (AvgIpc) is 3.00. The zero-order chi connectivity index (χ0) is 15.5. The summed E-state index contributed by atoms with van der Waals surface area (Å²) in [6.45, 7) is 2.39. The van der Waals surface area contributed by atoms with Gasteiger partial charge in [-0.05, 0) is 50.6 Å². The van der Waals surface area contributed by atoms with Gasteiger partial charge >= 0.3 is 0 Å². The minimum absolute atomic E-state index is 0.0915. The molecule has 0 radical (unpaired) electrons. The number of carbonyl (C=O) groups is 2. The summed E-state index contributed by atoms with van der Waals surface area (Å²) < 4.78 is 0. The van der Waals surface area contributed by atoms with Gasteiger partial charge in [-0.25, -0.2) is 0 Å². The molecule has 22 heavy (non-hydrogen) atoms. The predicted molar refractivity (Wildman–Crippen MR) is 86.0 cm³/mol. The van der Waals surface area contributed by atoms with E-state index in [4.69, 9.17) is 0 Å².